The number of nitrogen functional groups attached to an aromatic ring is 1. The maximum absolute atomic E-state index is 9.81. The third kappa shape index (κ3) is 2.51. The molecule has 0 saturated heterocycles. The molecule has 18 heavy (non-hydrogen) atoms. The Bertz CT molecular complexity index is 529. The van der Waals surface area contributed by atoms with E-state index in [1.807, 2.05) is 24.4 Å². The van der Waals surface area contributed by atoms with Crippen molar-refractivity contribution in [1.29, 1.82) is 0 Å². The third-order valence-corrected chi connectivity index (χ3v) is 3.45. The first kappa shape index (κ1) is 13.0. The summed E-state index contributed by atoms with van der Waals surface area (Å²) in [5, 5.41) is 9.81. The van der Waals surface area contributed by atoms with E-state index in [9.17, 15) is 5.11 Å². The normalized spacial score (nSPS) is 12.8. The van der Waals surface area contributed by atoms with Crippen molar-refractivity contribution >= 4 is 34.3 Å². The summed E-state index contributed by atoms with van der Waals surface area (Å²) in [5.41, 5.74) is 8.19. The number of rotatable bonds is 5. The van der Waals surface area contributed by atoms with Gasteiger partial charge in [-0.1, -0.05) is 0 Å². The number of hydrogen-bond donors (Lipinski definition) is 3. The van der Waals surface area contributed by atoms with Crippen molar-refractivity contribution in [3.63, 3.8) is 0 Å². The van der Waals surface area contributed by atoms with Gasteiger partial charge in [-0.3, -0.25) is 0 Å². The molecule has 0 aromatic carbocycles. The number of hydrogen-bond acceptors (Lipinski definition) is 6. The lowest BCUT2D eigenvalue weighted by molar-refractivity contribution is 0.206. The Morgan fingerprint density at radius 2 is 2.33 bits per heavy atom. The molecule has 2 aromatic rings. The fourth-order valence-corrected chi connectivity index (χ4v) is 2.39. The number of nitrogens with zero attached hydrogens (tertiary/aromatic N) is 3. The highest BCUT2D eigenvalue weighted by Crippen LogP contribution is 2.26. The zero-order valence-corrected chi connectivity index (χ0v) is 11.2. The standard InChI is InChI=1S/C11H17N5OS/c1-16(4-7(17)5-18-2)8-3-13-10-9(8)14-6-15-11(10)12/h3,6-7,13,17H,4-5H2,1-2H3,(H2,12,14,15)/t7-/m1/s1. The van der Waals surface area contributed by atoms with Crippen molar-refractivity contribution < 1.29 is 5.11 Å². The number of likely N-dealkylation sites (N-methyl/N-ethyl adjacent to an activating group) is 1. The van der Waals surface area contributed by atoms with E-state index >= 15 is 0 Å². The number of aromatic nitrogens is 3. The molecule has 0 radical (unpaired) electrons. The lowest BCUT2D eigenvalue weighted by Crippen LogP contribution is -2.30. The van der Waals surface area contributed by atoms with Crippen LogP contribution in [0.3, 0.4) is 0 Å². The number of nitrogens with one attached hydrogen (secondary N) is 1. The number of aliphatic hydroxyl groups is 1. The Morgan fingerprint density at radius 3 is 3.06 bits per heavy atom. The van der Waals surface area contributed by atoms with Gasteiger partial charge in [-0.15, -0.1) is 0 Å². The zero-order chi connectivity index (χ0) is 13.1. The lowest BCUT2D eigenvalue weighted by atomic mass is 10.3. The number of aliphatic hydroxyl groups excluding tert-OH is 1. The SMILES string of the molecule is CSC[C@H](O)CN(C)c1c[nH]c2c(N)ncnc12. The van der Waals surface area contributed by atoms with Crippen molar-refractivity contribution in [2.24, 2.45) is 0 Å². The van der Waals surface area contributed by atoms with Crippen molar-refractivity contribution in [1.82, 2.24) is 15.0 Å². The second kappa shape index (κ2) is 5.45. The number of anilines is 2. The van der Waals surface area contributed by atoms with E-state index in [2.05, 4.69) is 15.0 Å². The Morgan fingerprint density at radius 1 is 1.56 bits per heavy atom. The highest BCUT2D eigenvalue weighted by Gasteiger charge is 2.14. The molecule has 0 aliphatic heterocycles. The van der Waals surface area contributed by atoms with Crippen molar-refractivity contribution in [3.8, 4) is 0 Å². The summed E-state index contributed by atoms with van der Waals surface area (Å²) in [6.07, 6.45) is 4.89. The number of aromatic amines is 1. The van der Waals surface area contributed by atoms with Gasteiger partial charge in [0.2, 0.25) is 0 Å². The van der Waals surface area contributed by atoms with E-state index in [0.717, 1.165) is 16.7 Å². The summed E-state index contributed by atoms with van der Waals surface area (Å²) in [6.45, 7) is 0.553. The van der Waals surface area contributed by atoms with Gasteiger partial charge < -0.3 is 20.7 Å². The summed E-state index contributed by atoms with van der Waals surface area (Å²) in [4.78, 5) is 13.2. The molecule has 0 spiro atoms. The molecule has 1 atom stereocenters. The minimum atomic E-state index is -0.367. The molecule has 0 aliphatic carbocycles. The summed E-state index contributed by atoms with van der Waals surface area (Å²) >= 11 is 1.62. The lowest BCUT2D eigenvalue weighted by Gasteiger charge is -2.21. The van der Waals surface area contributed by atoms with Crippen LogP contribution in [0.25, 0.3) is 11.0 Å². The molecular formula is C11H17N5OS. The van der Waals surface area contributed by atoms with Gasteiger partial charge in [0.1, 0.15) is 17.4 Å². The van der Waals surface area contributed by atoms with Gasteiger partial charge >= 0.3 is 0 Å². The smallest absolute Gasteiger partial charge is 0.151 e. The number of nitrogens with two attached hydrogens (primary N) is 1. The van der Waals surface area contributed by atoms with E-state index in [1.54, 1.807) is 11.8 Å². The molecule has 2 heterocycles. The molecule has 0 fully saturated rings. The zero-order valence-electron chi connectivity index (χ0n) is 10.4. The van der Waals surface area contributed by atoms with E-state index in [-0.39, 0.29) is 6.10 Å². The molecule has 6 nitrogen and oxygen atoms in total. The third-order valence-electron chi connectivity index (χ3n) is 2.73. The highest BCUT2D eigenvalue weighted by molar-refractivity contribution is 7.98. The van der Waals surface area contributed by atoms with Crippen molar-refractivity contribution in [2.45, 2.75) is 6.10 Å². The Labute approximate surface area is 110 Å². The number of thioether (sulfide) groups is 1. The van der Waals surface area contributed by atoms with Crippen molar-refractivity contribution in [3.05, 3.63) is 12.5 Å². The van der Waals surface area contributed by atoms with Gasteiger partial charge in [0.25, 0.3) is 0 Å². The molecule has 2 aromatic heterocycles. The largest absolute Gasteiger partial charge is 0.390 e. The summed E-state index contributed by atoms with van der Waals surface area (Å²) in [5.74, 6) is 1.15. The van der Waals surface area contributed by atoms with Gasteiger partial charge in [-0.25, -0.2) is 9.97 Å². The molecule has 0 unspecified atom stereocenters. The van der Waals surface area contributed by atoms with Gasteiger partial charge in [-0.2, -0.15) is 11.8 Å². The maximum Gasteiger partial charge on any atom is 0.151 e. The second-order valence-corrected chi connectivity index (χ2v) is 5.06. The van der Waals surface area contributed by atoms with Crippen LogP contribution in [0, 0.1) is 0 Å². The second-order valence-electron chi connectivity index (χ2n) is 4.15. The van der Waals surface area contributed by atoms with Crippen LogP contribution < -0.4 is 10.6 Å². The van der Waals surface area contributed by atoms with Crippen LogP contribution in [0.1, 0.15) is 0 Å². The summed E-state index contributed by atoms with van der Waals surface area (Å²) in [6, 6.07) is 0. The molecular weight excluding hydrogens is 250 g/mol. The molecule has 2 rings (SSSR count). The molecule has 0 aliphatic rings. The topological polar surface area (TPSA) is 91.1 Å². The quantitative estimate of drug-likeness (QED) is 0.738. The number of H-pyrrole nitrogens is 1. The Hall–Kier alpha value is -1.47. The first-order valence-corrected chi connectivity index (χ1v) is 6.98. The van der Waals surface area contributed by atoms with E-state index in [0.29, 0.717) is 18.1 Å². The fourth-order valence-electron chi connectivity index (χ4n) is 1.90. The van der Waals surface area contributed by atoms with Gasteiger partial charge in [0, 0.05) is 25.5 Å². The average Bonchev–Trinajstić information content (AvgIpc) is 2.74. The van der Waals surface area contributed by atoms with E-state index < -0.39 is 0 Å². The van der Waals surface area contributed by atoms with Crippen LogP contribution in [0.15, 0.2) is 12.5 Å². The molecule has 98 valence electrons. The molecule has 0 saturated carbocycles. The Kier molecular flexibility index (Phi) is 3.93. The average molecular weight is 267 g/mol. The molecule has 7 heteroatoms. The first-order chi connectivity index (χ1) is 8.63. The fraction of sp³-hybridized carbons (Fsp3) is 0.455. The highest BCUT2D eigenvalue weighted by atomic mass is 32.2. The predicted octanol–water partition coefficient (Wildman–Crippen LogP) is 0.700. The minimum absolute atomic E-state index is 0.367. The van der Waals surface area contributed by atoms with Crippen LogP contribution >= 0.6 is 11.8 Å². The van der Waals surface area contributed by atoms with E-state index in [4.69, 9.17) is 5.73 Å². The van der Waals surface area contributed by atoms with Crippen LogP contribution in [-0.4, -0.2) is 51.8 Å². The summed E-state index contributed by atoms with van der Waals surface area (Å²) < 4.78 is 0. The Balaban J connectivity index is 2.23. The maximum atomic E-state index is 9.81. The minimum Gasteiger partial charge on any atom is -0.390 e. The molecule has 0 amide bonds. The number of fused-ring (bicyclic) bond motifs is 1. The van der Waals surface area contributed by atoms with Crippen LogP contribution in [0.5, 0.6) is 0 Å². The molecule has 4 N–H and O–H groups in total. The van der Waals surface area contributed by atoms with Gasteiger partial charge in [0.15, 0.2) is 5.82 Å². The summed E-state index contributed by atoms with van der Waals surface area (Å²) in [7, 11) is 1.92. The van der Waals surface area contributed by atoms with Gasteiger partial charge in [0.05, 0.1) is 11.8 Å². The van der Waals surface area contributed by atoms with Crippen LogP contribution in [0.2, 0.25) is 0 Å². The van der Waals surface area contributed by atoms with E-state index in [1.165, 1.54) is 6.33 Å². The predicted molar refractivity (Wildman–Crippen MR) is 76.0 cm³/mol. The monoisotopic (exact) mass is 267 g/mol. The first-order valence-electron chi connectivity index (χ1n) is 5.59. The van der Waals surface area contributed by atoms with Crippen LogP contribution in [-0.2, 0) is 0 Å². The van der Waals surface area contributed by atoms with Crippen LogP contribution in [0.4, 0.5) is 11.5 Å². The van der Waals surface area contributed by atoms with Crippen molar-refractivity contribution in [2.75, 3.05) is 36.2 Å². The molecule has 0 bridgehead atoms. The van der Waals surface area contributed by atoms with Gasteiger partial charge in [-0.05, 0) is 6.26 Å².